The van der Waals surface area contributed by atoms with Crippen LogP contribution in [0.2, 0.25) is 0 Å². The molecule has 2 aliphatic heterocycles. The highest BCUT2D eigenvalue weighted by atomic mass is 32.2. The summed E-state index contributed by atoms with van der Waals surface area (Å²) in [5.41, 5.74) is 0. The third kappa shape index (κ3) is 8.99. The Kier molecular flexibility index (Phi) is 11.6. The van der Waals surface area contributed by atoms with Crippen molar-refractivity contribution < 1.29 is 46.9 Å². The molecule has 0 bridgehead atoms. The molecule has 4 atom stereocenters. The molecule has 0 radical (unpaired) electrons. The average Bonchev–Trinajstić information content (AvgIpc) is 3.22. The van der Waals surface area contributed by atoms with Crippen molar-refractivity contribution in [2.24, 2.45) is 0 Å². The van der Waals surface area contributed by atoms with E-state index in [0.29, 0.717) is 25.9 Å². The summed E-state index contributed by atoms with van der Waals surface area (Å²) in [5.74, 6) is -1.53. The SMILES string of the molecule is O=C(NCCCCCCNC(=O)N(CCO)C1CS(=O)(=O)CC1O)N(CCO)C1CS(=O)(=O)CC1O. The second-order valence-corrected chi connectivity index (χ2v) is 13.4. The highest BCUT2D eigenvalue weighted by Gasteiger charge is 2.42. The number of unbranched alkanes of at least 4 members (excludes halogenated alkanes) is 3. The Morgan fingerprint density at radius 2 is 1.03 bits per heavy atom. The molecule has 4 unspecified atom stereocenters. The van der Waals surface area contributed by atoms with Crippen LogP contribution in [0.25, 0.3) is 0 Å². The number of rotatable bonds is 13. The number of nitrogens with one attached hydrogen (secondary N) is 2. The van der Waals surface area contributed by atoms with E-state index >= 15 is 0 Å². The first-order valence-corrected chi connectivity index (χ1v) is 15.6. The lowest BCUT2D eigenvalue weighted by Crippen LogP contribution is -2.52. The van der Waals surface area contributed by atoms with Gasteiger partial charge >= 0.3 is 12.1 Å². The summed E-state index contributed by atoms with van der Waals surface area (Å²) in [5, 5.41) is 43.8. The van der Waals surface area contributed by atoms with Gasteiger partial charge in [0.25, 0.3) is 0 Å². The summed E-state index contributed by atoms with van der Waals surface area (Å²) >= 11 is 0. The van der Waals surface area contributed by atoms with Crippen LogP contribution in [-0.2, 0) is 19.7 Å². The van der Waals surface area contributed by atoms with Crippen LogP contribution in [0.3, 0.4) is 0 Å². The van der Waals surface area contributed by atoms with Gasteiger partial charge in [0.15, 0.2) is 19.7 Å². The number of sulfone groups is 2. The van der Waals surface area contributed by atoms with Gasteiger partial charge in [-0.3, -0.25) is 0 Å². The van der Waals surface area contributed by atoms with Crippen LogP contribution in [0.5, 0.6) is 0 Å². The van der Waals surface area contributed by atoms with Crippen molar-refractivity contribution in [3.63, 3.8) is 0 Å². The smallest absolute Gasteiger partial charge is 0.317 e. The van der Waals surface area contributed by atoms with Crippen LogP contribution >= 0.6 is 0 Å². The Bertz CT molecular complexity index is 870. The number of nitrogens with zero attached hydrogens (tertiary/aromatic N) is 2. The molecule has 0 aromatic rings. The maximum atomic E-state index is 12.4. The van der Waals surface area contributed by atoms with Crippen molar-refractivity contribution in [3.05, 3.63) is 0 Å². The average molecular weight is 559 g/mol. The third-order valence-corrected chi connectivity index (χ3v) is 9.64. The molecule has 210 valence electrons. The summed E-state index contributed by atoms with van der Waals surface area (Å²) in [7, 11) is -6.89. The molecule has 4 amide bonds. The molecule has 2 aliphatic rings. The fraction of sp³-hybridized carbons (Fsp3) is 0.900. The number of amides is 4. The number of carbonyl (C=O) groups is 2. The Hall–Kier alpha value is -1.72. The van der Waals surface area contributed by atoms with Crippen molar-refractivity contribution in [2.45, 2.75) is 50.0 Å². The second kappa shape index (κ2) is 13.7. The first-order valence-electron chi connectivity index (χ1n) is 12.0. The Balaban J connectivity index is 1.66. The van der Waals surface area contributed by atoms with Gasteiger partial charge in [-0.05, 0) is 12.8 Å². The summed E-state index contributed by atoms with van der Waals surface area (Å²) in [4.78, 5) is 27.2. The first-order chi connectivity index (χ1) is 16.9. The number of hydrogen-bond donors (Lipinski definition) is 6. The molecule has 0 spiro atoms. The van der Waals surface area contributed by atoms with E-state index in [-0.39, 0.29) is 37.8 Å². The lowest BCUT2D eigenvalue weighted by molar-refractivity contribution is 0.0868. The lowest BCUT2D eigenvalue weighted by atomic mass is 10.2. The minimum Gasteiger partial charge on any atom is -0.395 e. The molecule has 0 aromatic heterocycles. The van der Waals surface area contributed by atoms with E-state index < -0.39 is 67.5 Å². The Labute approximate surface area is 211 Å². The standard InChI is InChI=1S/C20H38N4O10S2/c25-9-7-23(15-11-35(31,32)13-17(15)27)19(29)21-5-3-1-2-4-6-22-20(30)24(8-10-26)16-12-36(33,34)14-18(16)28/h15-18,25-28H,1-14H2,(H,21,29)(H,22,30). The normalized spacial score (nSPS) is 26.4. The van der Waals surface area contributed by atoms with E-state index in [1.54, 1.807) is 0 Å². The monoisotopic (exact) mass is 558 g/mol. The van der Waals surface area contributed by atoms with Crippen LogP contribution < -0.4 is 10.6 Å². The highest BCUT2D eigenvalue weighted by molar-refractivity contribution is 7.92. The predicted octanol–water partition coefficient (Wildman–Crippen LogP) is -3.13. The van der Waals surface area contributed by atoms with Crippen molar-refractivity contribution in [2.75, 3.05) is 62.4 Å². The summed E-state index contributed by atoms with van der Waals surface area (Å²) in [6, 6.07) is -2.92. The predicted molar refractivity (Wildman–Crippen MR) is 130 cm³/mol. The van der Waals surface area contributed by atoms with Gasteiger partial charge in [0, 0.05) is 26.2 Å². The minimum atomic E-state index is -3.45. The topological polar surface area (TPSA) is 214 Å². The zero-order chi connectivity index (χ0) is 26.9. The molecule has 0 aliphatic carbocycles. The summed E-state index contributed by atoms with van der Waals surface area (Å²) < 4.78 is 46.9. The number of carbonyl (C=O) groups excluding carboxylic acids is 2. The third-order valence-electron chi connectivity index (χ3n) is 6.25. The van der Waals surface area contributed by atoms with Crippen LogP contribution in [0.15, 0.2) is 0 Å². The molecule has 2 rings (SSSR count). The van der Waals surface area contributed by atoms with Crippen LogP contribution in [0.4, 0.5) is 9.59 Å². The number of urea groups is 2. The van der Waals surface area contributed by atoms with Crippen molar-refractivity contribution in [1.29, 1.82) is 0 Å². The molecular weight excluding hydrogens is 520 g/mol. The fourth-order valence-corrected chi connectivity index (χ4v) is 8.07. The first kappa shape index (κ1) is 30.5. The molecule has 0 aromatic carbocycles. The van der Waals surface area contributed by atoms with E-state index in [2.05, 4.69) is 10.6 Å². The maximum Gasteiger partial charge on any atom is 0.317 e. The fourth-order valence-electron chi connectivity index (χ4n) is 4.47. The van der Waals surface area contributed by atoms with Crippen LogP contribution in [0, 0.1) is 0 Å². The van der Waals surface area contributed by atoms with Gasteiger partial charge in [0.2, 0.25) is 0 Å². The van der Waals surface area contributed by atoms with Gasteiger partial charge in [-0.15, -0.1) is 0 Å². The summed E-state index contributed by atoms with van der Waals surface area (Å²) in [6.45, 7) is -0.316. The van der Waals surface area contributed by atoms with E-state index in [9.17, 15) is 46.9 Å². The quantitative estimate of drug-likeness (QED) is 0.125. The maximum absolute atomic E-state index is 12.4. The molecular formula is C20H38N4O10S2. The van der Waals surface area contributed by atoms with Gasteiger partial charge in [0.05, 0.1) is 60.5 Å². The van der Waals surface area contributed by atoms with E-state index in [0.717, 1.165) is 22.6 Å². The van der Waals surface area contributed by atoms with Crippen molar-refractivity contribution in [1.82, 2.24) is 20.4 Å². The Morgan fingerprint density at radius 1 is 0.667 bits per heavy atom. The van der Waals surface area contributed by atoms with Crippen molar-refractivity contribution in [3.8, 4) is 0 Å². The van der Waals surface area contributed by atoms with Crippen molar-refractivity contribution >= 4 is 31.7 Å². The zero-order valence-electron chi connectivity index (χ0n) is 20.2. The highest BCUT2D eigenvalue weighted by Crippen LogP contribution is 2.19. The Morgan fingerprint density at radius 3 is 1.31 bits per heavy atom. The zero-order valence-corrected chi connectivity index (χ0v) is 21.8. The molecule has 2 fully saturated rings. The molecule has 2 heterocycles. The molecule has 2 saturated heterocycles. The van der Waals surface area contributed by atoms with Gasteiger partial charge < -0.3 is 40.9 Å². The molecule has 6 N–H and O–H groups in total. The molecule has 36 heavy (non-hydrogen) atoms. The van der Waals surface area contributed by atoms with Crippen LogP contribution in [-0.4, -0.2) is 146 Å². The lowest BCUT2D eigenvalue weighted by Gasteiger charge is -2.29. The van der Waals surface area contributed by atoms with Gasteiger partial charge in [-0.1, -0.05) is 12.8 Å². The number of aliphatic hydroxyl groups is 4. The van der Waals surface area contributed by atoms with E-state index in [1.165, 1.54) is 0 Å². The minimum absolute atomic E-state index is 0.0973. The molecule has 0 saturated carbocycles. The second-order valence-electron chi connectivity index (χ2n) is 9.14. The van der Waals surface area contributed by atoms with E-state index in [1.807, 2.05) is 0 Å². The number of hydrogen-bond acceptors (Lipinski definition) is 10. The summed E-state index contributed by atoms with van der Waals surface area (Å²) in [6.07, 6.45) is 0.267. The molecule has 16 heteroatoms. The van der Waals surface area contributed by atoms with Gasteiger partial charge in [-0.25, -0.2) is 26.4 Å². The van der Waals surface area contributed by atoms with E-state index in [4.69, 9.17) is 0 Å². The van der Waals surface area contributed by atoms with Crippen LogP contribution in [0.1, 0.15) is 25.7 Å². The van der Waals surface area contributed by atoms with Gasteiger partial charge in [-0.2, -0.15) is 0 Å². The molecule has 14 nitrogen and oxygen atoms in total. The number of aliphatic hydroxyl groups excluding tert-OH is 4. The largest absolute Gasteiger partial charge is 0.395 e. The van der Waals surface area contributed by atoms with Gasteiger partial charge in [0.1, 0.15) is 0 Å².